The second-order valence-corrected chi connectivity index (χ2v) is 8.43. The van der Waals surface area contributed by atoms with E-state index in [-0.39, 0.29) is 24.5 Å². The lowest BCUT2D eigenvalue weighted by Crippen LogP contribution is -2.30. The van der Waals surface area contributed by atoms with E-state index in [2.05, 4.69) is 22.8 Å². The normalized spacial score (nSPS) is 14.7. The van der Waals surface area contributed by atoms with Gasteiger partial charge in [-0.25, -0.2) is 0 Å². The molecule has 1 atom stereocenters. The summed E-state index contributed by atoms with van der Waals surface area (Å²) in [7, 11) is 1.57. The molecule has 2 amide bonds. The van der Waals surface area contributed by atoms with Crippen molar-refractivity contribution in [3.63, 3.8) is 0 Å². The first-order valence-corrected chi connectivity index (χ1v) is 11.3. The summed E-state index contributed by atoms with van der Waals surface area (Å²) in [6.45, 7) is -0.140. The molecule has 164 valence electrons. The van der Waals surface area contributed by atoms with Gasteiger partial charge in [-0.1, -0.05) is 24.3 Å². The lowest BCUT2D eigenvalue weighted by Gasteiger charge is -2.25. The number of fused-ring (bicyclic) bond motifs is 1. The highest BCUT2D eigenvalue weighted by atomic mass is 32.2. The summed E-state index contributed by atoms with van der Waals surface area (Å²) in [6.07, 6.45) is 0.900. The minimum absolute atomic E-state index is 0.0104. The number of rotatable bonds is 7. The smallest absolute Gasteiger partial charge is 0.262 e. The predicted molar refractivity (Wildman–Crippen MR) is 126 cm³/mol. The second kappa shape index (κ2) is 10.2. The highest BCUT2D eigenvalue weighted by Crippen LogP contribution is 2.35. The summed E-state index contributed by atoms with van der Waals surface area (Å²) >= 11 is 1.82. The van der Waals surface area contributed by atoms with Gasteiger partial charge in [-0.05, 0) is 54.4 Å². The van der Waals surface area contributed by atoms with Gasteiger partial charge in [-0.15, -0.1) is 11.8 Å². The fourth-order valence-electron chi connectivity index (χ4n) is 3.48. The van der Waals surface area contributed by atoms with Crippen molar-refractivity contribution in [1.29, 1.82) is 0 Å². The molecule has 0 saturated carbocycles. The Balaban J connectivity index is 1.30. The van der Waals surface area contributed by atoms with E-state index in [4.69, 9.17) is 9.47 Å². The molecule has 0 radical (unpaired) electrons. The van der Waals surface area contributed by atoms with Gasteiger partial charge in [0.05, 0.1) is 13.2 Å². The van der Waals surface area contributed by atoms with Crippen LogP contribution < -0.4 is 20.1 Å². The fourth-order valence-corrected chi connectivity index (χ4v) is 4.61. The molecule has 0 aromatic heterocycles. The molecule has 1 aliphatic heterocycles. The molecule has 0 saturated heterocycles. The Bertz CT molecular complexity index is 1100. The van der Waals surface area contributed by atoms with Crippen LogP contribution in [0.5, 0.6) is 11.5 Å². The third-order valence-electron chi connectivity index (χ3n) is 5.10. The molecule has 0 bridgehead atoms. The number of carbonyl (C=O) groups excluding carboxylic acids is 2. The number of anilines is 1. The van der Waals surface area contributed by atoms with Crippen LogP contribution in [0.1, 0.15) is 28.4 Å². The highest BCUT2D eigenvalue weighted by Gasteiger charge is 2.22. The molecule has 0 spiro atoms. The van der Waals surface area contributed by atoms with Gasteiger partial charge in [-0.3, -0.25) is 9.59 Å². The molecule has 4 rings (SSSR count). The average molecular weight is 449 g/mol. The number of hydrogen-bond acceptors (Lipinski definition) is 5. The van der Waals surface area contributed by atoms with E-state index >= 15 is 0 Å². The zero-order valence-electron chi connectivity index (χ0n) is 17.7. The first kappa shape index (κ1) is 21.8. The number of methoxy groups -OCH3 is 1. The molecule has 0 fully saturated rings. The topological polar surface area (TPSA) is 76.7 Å². The van der Waals surface area contributed by atoms with E-state index < -0.39 is 0 Å². The zero-order valence-corrected chi connectivity index (χ0v) is 18.5. The molecule has 6 nitrogen and oxygen atoms in total. The van der Waals surface area contributed by atoms with Crippen molar-refractivity contribution in [3.8, 4) is 11.5 Å². The van der Waals surface area contributed by atoms with Crippen molar-refractivity contribution >= 4 is 29.3 Å². The van der Waals surface area contributed by atoms with Crippen molar-refractivity contribution in [2.45, 2.75) is 17.4 Å². The maximum absolute atomic E-state index is 12.7. The predicted octanol–water partition coefficient (Wildman–Crippen LogP) is 4.68. The van der Waals surface area contributed by atoms with E-state index in [9.17, 15) is 9.59 Å². The lowest BCUT2D eigenvalue weighted by molar-refractivity contribution is -0.118. The Labute approximate surface area is 191 Å². The van der Waals surface area contributed by atoms with Crippen molar-refractivity contribution in [2.75, 3.05) is 24.8 Å². The Morgan fingerprint density at radius 2 is 1.81 bits per heavy atom. The summed E-state index contributed by atoms with van der Waals surface area (Å²) in [5, 5.41) is 5.89. The fraction of sp³-hybridized carbons (Fsp3) is 0.200. The monoisotopic (exact) mass is 448 g/mol. The van der Waals surface area contributed by atoms with Crippen molar-refractivity contribution in [2.24, 2.45) is 0 Å². The molecule has 1 heterocycles. The van der Waals surface area contributed by atoms with Gasteiger partial charge in [-0.2, -0.15) is 0 Å². The number of hydrogen-bond donors (Lipinski definition) is 2. The van der Waals surface area contributed by atoms with Crippen LogP contribution in [-0.2, 0) is 4.79 Å². The molecule has 0 aliphatic carbocycles. The van der Waals surface area contributed by atoms with Gasteiger partial charge in [0.15, 0.2) is 6.61 Å². The van der Waals surface area contributed by atoms with E-state index in [1.165, 1.54) is 10.5 Å². The molecule has 0 unspecified atom stereocenters. The zero-order chi connectivity index (χ0) is 22.3. The summed E-state index contributed by atoms with van der Waals surface area (Å²) in [6, 6.07) is 22.1. The molecule has 1 aliphatic rings. The van der Waals surface area contributed by atoms with Crippen LogP contribution in [0.4, 0.5) is 5.69 Å². The number of benzene rings is 3. The minimum Gasteiger partial charge on any atom is -0.497 e. The SMILES string of the molecule is COc1cccc(NC(=O)COc2ccc(C(=O)N[C@H]3CCSc4ccccc43)cc2)c1. The second-order valence-electron chi connectivity index (χ2n) is 7.29. The lowest BCUT2D eigenvalue weighted by atomic mass is 10.0. The largest absolute Gasteiger partial charge is 0.497 e. The number of amides is 2. The Morgan fingerprint density at radius 3 is 2.62 bits per heavy atom. The van der Waals surface area contributed by atoms with Gasteiger partial charge in [0.2, 0.25) is 0 Å². The van der Waals surface area contributed by atoms with Crippen LogP contribution in [0.25, 0.3) is 0 Å². The number of nitrogens with one attached hydrogen (secondary N) is 2. The molecule has 2 N–H and O–H groups in total. The van der Waals surface area contributed by atoms with Crippen molar-refractivity contribution < 1.29 is 19.1 Å². The van der Waals surface area contributed by atoms with Gasteiger partial charge >= 0.3 is 0 Å². The Hall–Kier alpha value is -3.45. The summed E-state index contributed by atoms with van der Waals surface area (Å²) in [5.41, 5.74) is 2.35. The first-order chi connectivity index (χ1) is 15.6. The van der Waals surface area contributed by atoms with E-state index in [1.54, 1.807) is 55.6 Å². The number of ether oxygens (including phenoxy) is 2. The van der Waals surface area contributed by atoms with Crippen LogP contribution >= 0.6 is 11.8 Å². The minimum atomic E-state index is -0.283. The maximum atomic E-state index is 12.7. The molecular weight excluding hydrogens is 424 g/mol. The van der Waals surface area contributed by atoms with Crippen LogP contribution in [0.2, 0.25) is 0 Å². The Morgan fingerprint density at radius 1 is 1.00 bits per heavy atom. The number of thioether (sulfide) groups is 1. The standard InChI is InChI=1S/C25H24N2O4S/c1-30-20-6-4-5-18(15-20)26-24(28)16-31-19-11-9-17(10-12-19)25(29)27-22-13-14-32-23-8-3-2-7-21(22)23/h2-12,15,22H,13-14,16H2,1H3,(H,26,28)(H,27,29)/t22-/m0/s1. The van der Waals surface area contributed by atoms with Crippen LogP contribution in [0.15, 0.2) is 77.7 Å². The molecule has 3 aromatic carbocycles. The van der Waals surface area contributed by atoms with Gasteiger partial charge < -0.3 is 20.1 Å². The summed E-state index contributed by atoms with van der Waals surface area (Å²) in [5.74, 6) is 1.75. The van der Waals surface area contributed by atoms with E-state index in [0.29, 0.717) is 22.7 Å². The number of carbonyl (C=O) groups is 2. The third kappa shape index (κ3) is 5.42. The summed E-state index contributed by atoms with van der Waals surface area (Å²) < 4.78 is 10.7. The van der Waals surface area contributed by atoms with Gasteiger partial charge in [0, 0.05) is 28.0 Å². The maximum Gasteiger partial charge on any atom is 0.262 e. The average Bonchev–Trinajstić information content (AvgIpc) is 2.83. The van der Waals surface area contributed by atoms with Crippen LogP contribution in [-0.4, -0.2) is 31.3 Å². The molecule has 7 heteroatoms. The van der Waals surface area contributed by atoms with Crippen molar-refractivity contribution in [3.05, 3.63) is 83.9 Å². The quantitative estimate of drug-likeness (QED) is 0.549. The molecule has 32 heavy (non-hydrogen) atoms. The van der Waals surface area contributed by atoms with Crippen LogP contribution in [0, 0.1) is 0 Å². The molecular formula is C25H24N2O4S. The van der Waals surface area contributed by atoms with Gasteiger partial charge in [0.1, 0.15) is 11.5 Å². The van der Waals surface area contributed by atoms with Gasteiger partial charge in [0.25, 0.3) is 11.8 Å². The highest BCUT2D eigenvalue weighted by molar-refractivity contribution is 7.99. The first-order valence-electron chi connectivity index (χ1n) is 10.3. The summed E-state index contributed by atoms with van der Waals surface area (Å²) in [4.78, 5) is 26.1. The van der Waals surface area contributed by atoms with E-state index in [0.717, 1.165) is 12.2 Å². The molecule has 3 aromatic rings. The third-order valence-corrected chi connectivity index (χ3v) is 6.23. The van der Waals surface area contributed by atoms with Crippen LogP contribution in [0.3, 0.4) is 0 Å². The van der Waals surface area contributed by atoms with E-state index in [1.807, 2.05) is 23.9 Å². The Kier molecular flexibility index (Phi) is 6.97. The van der Waals surface area contributed by atoms with Crippen molar-refractivity contribution in [1.82, 2.24) is 5.32 Å².